The molecule has 0 aliphatic carbocycles. The zero-order chi connectivity index (χ0) is 14.5. The van der Waals surface area contributed by atoms with Gasteiger partial charge >= 0.3 is 5.97 Å². The maximum Gasteiger partial charge on any atom is 0.335 e. The molecular weight excluding hydrogens is 284 g/mol. The van der Waals surface area contributed by atoms with Crippen LogP contribution >= 0.6 is 11.6 Å². The summed E-state index contributed by atoms with van der Waals surface area (Å²) in [6.07, 6.45) is 0. The second-order valence-corrected chi connectivity index (χ2v) is 4.84. The zero-order valence-corrected chi connectivity index (χ0v) is 11.5. The molecule has 0 spiro atoms. The molecule has 1 aromatic carbocycles. The van der Waals surface area contributed by atoms with Crippen molar-refractivity contribution < 1.29 is 19.4 Å². The van der Waals surface area contributed by atoms with Crippen LogP contribution in [0.4, 0.5) is 5.69 Å². The third-order valence-corrected chi connectivity index (χ3v) is 3.29. The van der Waals surface area contributed by atoms with E-state index in [0.717, 1.165) is 0 Å². The minimum atomic E-state index is -1.06. The maximum atomic E-state index is 11.9. The van der Waals surface area contributed by atoms with Gasteiger partial charge in [0.05, 0.1) is 36.0 Å². The summed E-state index contributed by atoms with van der Waals surface area (Å²) in [5.74, 6) is -1.29. The lowest BCUT2D eigenvalue weighted by Gasteiger charge is -2.25. The Kier molecular flexibility index (Phi) is 4.94. The summed E-state index contributed by atoms with van der Waals surface area (Å²) in [5.41, 5.74) is 0.390. The Morgan fingerprint density at radius 1 is 1.35 bits per heavy atom. The van der Waals surface area contributed by atoms with E-state index in [1.54, 1.807) is 0 Å². The number of rotatable bonds is 4. The first kappa shape index (κ1) is 14.8. The third kappa shape index (κ3) is 3.93. The van der Waals surface area contributed by atoms with Crippen LogP contribution in [0.3, 0.4) is 0 Å². The fraction of sp³-hybridized carbons (Fsp3) is 0.385. The van der Waals surface area contributed by atoms with Gasteiger partial charge in [0, 0.05) is 13.1 Å². The van der Waals surface area contributed by atoms with Gasteiger partial charge in [-0.15, -0.1) is 0 Å². The molecule has 7 heteroatoms. The van der Waals surface area contributed by atoms with Crippen molar-refractivity contribution in [1.82, 2.24) is 4.90 Å². The summed E-state index contributed by atoms with van der Waals surface area (Å²) in [6, 6.07) is 4.19. The Hall–Kier alpha value is -1.63. The molecule has 2 N–H and O–H groups in total. The van der Waals surface area contributed by atoms with Gasteiger partial charge in [0.15, 0.2) is 0 Å². The molecule has 1 fully saturated rings. The van der Waals surface area contributed by atoms with E-state index >= 15 is 0 Å². The van der Waals surface area contributed by atoms with Crippen LogP contribution in [0, 0.1) is 0 Å². The van der Waals surface area contributed by atoms with Gasteiger partial charge in [-0.1, -0.05) is 11.6 Å². The number of ether oxygens (including phenoxy) is 1. The van der Waals surface area contributed by atoms with Crippen molar-refractivity contribution in [3.05, 3.63) is 28.8 Å². The van der Waals surface area contributed by atoms with E-state index in [-0.39, 0.29) is 18.0 Å². The first-order chi connectivity index (χ1) is 9.56. The van der Waals surface area contributed by atoms with Crippen LogP contribution < -0.4 is 5.32 Å². The first-order valence-corrected chi connectivity index (χ1v) is 6.57. The molecule has 0 radical (unpaired) electrons. The summed E-state index contributed by atoms with van der Waals surface area (Å²) in [5, 5.41) is 11.9. The van der Waals surface area contributed by atoms with Crippen molar-refractivity contribution >= 4 is 29.2 Å². The second-order valence-electron chi connectivity index (χ2n) is 4.44. The lowest BCUT2D eigenvalue weighted by molar-refractivity contribution is -0.118. The number of carboxylic acid groups (broad SMARTS) is 1. The Labute approximate surface area is 121 Å². The summed E-state index contributed by atoms with van der Waals surface area (Å²) >= 11 is 5.95. The molecule has 1 amide bonds. The van der Waals surface area contributed by atoms with Crippen LogP contribution in [-0.4, -0.2) is 54.7 Å². The SMILES string of the molecule is O=C(CN1CCOCC1)Nc1cc(C(=O)O)ccc1Cl. The number of aromatic carboxylic acids is 1. The predicted molar refractivity (Wildman–Crippen MR) is 74.3 cm³/mol. The van der Waals surface area contributed by atoms with E-state index in [9.17, 15) is 9.59 Å². The molecule has 0 bridgehead atoms. The summed E-state index contributed by atoms with van der Waals surface area (Å²) in [7, 11) is 0. The van der Waals surface area contributed by atoms with Crippen LogP contribution in [0.2, 0.25) is 5.02 Å². The number of anilines is 1. The molecule has 0 saturated carbocycles. The molecular formula is C13H15ClN2O4. The van der Waals surface area contributed by atoms with E-state index in [1.807, 2.05) is 4.90 Å². The van der Waals surface area contributed by atoms with Crippen molar-refractivity contribution in [1.29, 1.82) is 0 Å². The lowest BCUT2D eigenvalue weighted by atomic mass is 10.2. The summed E-state index contributed by atoms with van der Waals surface area (Å²) in [6.45, 7) is 2.87. The number of amides is 1. The van der Waals surface area contributed by atoms with Crippen molar-refractivity contribution in [2.75, 3.05) is 38.2 Å². The summed E-state index contributed by atoms with van der Waals surface area (Å²) in [4.78, 5) is 24.8. The standard InChI is InChI=1S/C13H15ClN2O4/c14-10-2-1-9(13(18)19)7-11(10)15-12(17)8-16-3-5-20-6-4-16/h1-2,7H,3-6,8H2,(H,15,17)(H,18,19). The predicted octanol–water partition coefficient (Wildman–Crippen LogP) is 1.31. The highest BCUT2D eigenvalue weighted by molar-refractivity contribution is 6.33. The molecule has 20 heavy (non-hydrogen) atoms. The Balaban J connectivity index is 1.99. The molecule has 1 saturated heterocycles. The lowest BCUT2D eigenvalue weighted by Crippen LogP contribution is -2.41. The molecule has 6 nitrogen and oxygen atoms in total. The average Bonchev–Trinajstić information content (AvgIpc) is 2.42. The average molecular weight is 299 g/mol. The van der Waals surface area contributed by atoms with Crippen LogP contribution in [0.1, 0.15) is 10.4 Å². The number of benzene rings is 1. The normalized spacial score (nSPS) is 15.8. The first-order valence-electron chi connectivity index (χ1n) is 6.19. The van der Waals surface area contributed by atoms with Gasteiger partial charge in [-0.25, -0.2) is 4.79 Å². The van der Waals surface area contributed by atoms with E-state index in [2.05, 4.69) is 5.32 Å². The highest BCUT2D eigenvalue weighted by atomic mass is 35.5. The monoisotopic (exact) mass is 298 g/mol. The van der Waals surface area contributed by atoms with E-state index in [4.69, 9.17) is 21.4 Å². The zero-order valence-electron chi connectivity index (χ0n) is 10.8. The molecule has 0 aromatic heterocycles. The molecule has 1 heterocycles. The second kappa shape index (κ2) is 6.69. The highest BCUT2D eigenvalue weighted by Crippen LogP contribution is 2.23. The molecule has 0 atom stereocenters. The number of hydrogen-bond donors (Lipinski definition) is 2. The smallest absolute Gasteiger partial charge is 0.335 e. The number of morpholine rings is 1. The molecule has 1 aliphatic heterocycles. The van der Waals surface area contributed by atoms with Crippen molar-refractivity contribution in [2.45, 2.75) is 0 Å². The topological polar surface area (TPSA) is 78.9 Å². The maximum absolute atomic E-state index is 11.9. The third-order valence-electron chi connectivity index (χ3n) is 2.96. The van der Waals surface area contributed by atoms with E-state index < -0.39 is 5.97 Å². The number of nitrogens with zero attached hydrogens (tertiary/aromatic N) is 1. The quantitative estimate of drug-likeness (QED) is 0.876. The van der Waals surface area contributed by atoms with Gasteiger partial charge in [0.25, 0.3) is 0 Å². The van der Waals surface area contributed by atoms with Gasteiger partial charge in [-0.2, -0.15) is 0 Å². The fourth-order valence-corrected chi connectivity index (χ4v) is 2.07. The number of carbonyl (C=O) groups excluding carboxylic acids is 1. The van der Waals surface area contributed by atoms with Gasteiger partial charge in [-0.3, -0.25) is 9.69 Å². The molecule has 108 valence electrons. The number of halogens is 1. The van der Waals surface area contributed by atoms with Crippen molar-refractivity contribution in [2.24, 2.45) is 0 Å². The Bertz CT molecular complexity index is 515. The minimum absolute atomic E-state index is 0.0797. The van der Waals surface area contributed by atoms with Gasteiger partial charge in [0.2, 0.25) is 5.91 Å². The van der Waals surface area contributed by atoms with Gasteiger partial charge in [-0.05, 0) is 18.2 Å². The summed E-state index contributed by atoms with van der Waals surface area (Å²) < 4.78 is 5.20. The van der Waals surface area contributed by atoms with Gasteiger partial charge in [0.1, 0.15) is 0 Å². The molecule has 2 rings (SSSR count). The number of carbonyl (C=O) groups is 2. The van der Waals surface area contributed by atoms with Crippen LogP contribution in [0.25, 0.3) is 0 Å². The minimum Gasteiger partial charge on any atom is -0.478 e. The molecule has 1 aliphatic rings. The Morgan fingerprint density at radius 3 is 2.70 bits per heavy atom. The molecule has 1 aromatic rings. The van der Waals surface area contributed by atoms with E-state index in [1.165, 1.54) is 18.2 Å². The number of nitrogens with one attached hydrogen (secondary N) is 1. The van der Waals surface area contributed by atoms with Crippen LogP contribution in [0.15, 0.2) is 18.2 Å². The van der Waals surface area contributed by atoms with E-state index in [0.29, 0.717) is 37.0 Å². The van der Waals surface area contributed by atoms with Gasteiger partial charge < -0.3 is 15.2 Å². The number of hydrogen-bond acceptors (Lipinski definition) is 4. The molecule has 0 unspecified atom stereocenters. The van der Waals surface area contributed by atoms with Crippen LogP contribution in [-0.2, 0) is 9.53 Å². The largest absolute Gasteiger partial charge is 0.478 e. The highest BCUT2D eigenvalue weighted by Gasteiger charge is 2.15. The fourth-order valence-electron chi connectivity index (χ4n) is 1.91. The van der Waals surface area contributed by atoms with Crippen molar-refractivity contribution in [3.8, 4) is 0 Å². The van der Waals surface area contributed by atoms with Crippen LogP contribution in [0.5, 0.6) is 0 Å². The Morgan fingerprint density at radius 2 is 2.05 bits per heavy atom. The van der Waals surface area contributed by atoms with Crippen molar-refractivity contribution in [3.63, 3.8) is 0 Å². The number of carboxylic acids is 1.